The van der Waals surface area contributed by atoms with Gasteiger partial charge in [0.25, 0.3) is 0 Å². The second kappa shape index (κ2) is 9.29. The maximum atomic E-state index is 13.4. The zero-order valence-electron chi connectivity index (χ0n) is 16.2. The van der Waals surface area contributed by atoms with E-state index in [0.717, 1.165) is 11.1 Å². The van der Waals surface area contributed by atoms with E-state index >= 15 is 0 Å². The number of nitriles is 1. The monoisotopic (exact) mass is 404 g/mol. The summed E-state index contributed by atoms with van der Waals surface area (Å²) >= 11 is 0. The highest BCUT2D eigenvalue weighted by Crippen LogP contribution is 2.31. The highest BCUT2D eigenvalue weighted by atomic mass is 19.4. The van der Waals surface area contributed by atoms with Crippen molar-refractivity contribution in [1.29, 1.82) is 5.26 Å². The van der Waals surface area contributed by atoms with Crippen LogP contribution in [0.1, 0.15) is 33.4 Å². The van der Waals surface area contributed by atoms with Crippen molar-refractivity contribution in [2.24, 2.45) is 0 Å². The maximum absolute atomic E-state index is 13.4. The zero-order chi connectivity index (χ0) is 21.6. The number of alkyl halides is 3. The Balaban J connectivity index is 1.75. The third kappa shape index (κ3) is 5.72. The van der Waals surface area contributed by atoms with Gasteiger partial charge in [-0.3, -0.25) is 0 Å². The second-order valence-electron chi connectivity index (χ2n) is 7.12. The zero-order valence-corrected chi connectivity index (χ0v) is 16.2. The molecule has 3 rings (SSSR count). The van der Waals surface area contributed by atoms with Crippen LogP contribution in [-0.4, -0.2) is 0 Å². The largest absolute Gasteiger partial charge is 0.416 e. The smallest absolute Gasteiger partial charge is 0.238 e. The summed E-state index contributed by atoms with van der Waals surface area (Å²) < 4.78 is 40.1. The van der Waals surface area contributed by atoms with Gasteiger partial charge in [-0.05, 0) is 66.6 Å². The molecule has 0 fully saturated rings. The van der Waals surface area contributed by atoms with Crippen molar-refractivity contribution in [1.82, 2.24) is 0 Å². The SMILES string of the molecule is [C-]#[N+]c1ccc(CCc2cc(CCc3ccc(C#N)cc3)cc(C(F)(F)F)c2)cc1. The van der Waals surface area contributed by atoms with Crippen LogP contribution in [0.5, 0.6) is 0 Å². The number of hydrogen-bond donors (Lipinski definition) is 0. The van der Waals surface area contributed by atoms with Crippen LogP contribution in [0, 0.1) is 17.9 Å². The molecule has 0 atom stereocenters. The topological polar surface area (TPSA) is 28.1 Å². The van der Waals surface area contributed by atoms with Gasteiger partial charge in [-0.15, -0.1) is 0 Å². The number of hydrogen-bond acceptors (Lipinski definition) is 1. The molecule has 0 aliphatic carbocycles. The molecule has 0 radical (unpaired) electrons. The lowest BCUT2D eigenvalue weighted by Crippen LogP contribution is -2.08. The normalized spacial score (nSPS) is 11.0. The Labute approximate surface area is 174 Å². The van der Waals surface area contributed by atoms with E-state index in [2.05, 4.69) is 10.9 Å². The van der Waals surface area contributed by atoms with Crippen molar-refractivity contribution in [3.05, 3.63) is 112 Å². The van der Waals surface area contributed by atoms with Crippen molar-refractivity contribution in [3.63, 3.8) is 0 Å². The van der Waals surface area contributed by atoms with E-state index in [1.165, 1.54) is 12.1 Å². The van der Waals surface area contributed by atoms with Crippen LogP contribution in [0.2, 0.25) is 0 Å². The van der Waals surface area contributed by atoms with Crippen LogP contribution in [0.3, 0.4) is 0 Å². The predicted octanol–water partition coefficient (Wildman–Crippen LogP) is 6.70. The lowest BCUT2D eigenvalue weighted by atomic mass is 9.96. The lowest BCUT2D eigenvalue weighted by Gasteiger charge is -2.13. The van der Waals surface area contributed by atoms with Crippen LogP contribution in [0.4, 0.5) is 18.9 Å². The number of nitrogens with zero attached hydrogens (tertiary/aromatic N) is 2. The van der Waals surface area contributed by atoms with Crippen molar-refractivity contribution in [2.75, 3.05) is 0 Å². The van der Waals surface area contributed by atoms with Gasteiger partial charge in [-0.2, -0.15) is 18.4 Å². The van der Waals surface area contributed by atoms with Gasteiger partial charge in [0.05, 0.1) is 23.8 Å². The molecule has 0 saturated heterocycles. The van der Waals surface area contributed by atoms with Gasteiger partial charge in [0.1, 0.15) is 0 Å². The molecule has 0 spiro atoms. The average molecular weight is 404 g/mol. The van der Waals surface area contributed by atoms with E-state index in [-0.39, 0.29) is 0 Å². The molecule has 30 heavy (non-hydrogen) atoms. The van der Waals surface area contributed by atoms with Crippen molar-refractivity contribution in [3.8, 4) is 6.07 Å². The van der Waals surface area contributed by atoms with E-state index in [1.54, 1.807) is 24.3 Å². The minimum atomic E-state index is -4.39. The van der Waals surface area contributed by atoms with E-state index in [0.29, 0.717) is 48.1 Å². The molecule has 0 heterocycles. The summed E-state index contributed by atoms with van der Waals surface area (Å²) in [7, 11) is 0. The third-order valence-corrected chi connectivity index (χ3v) is 4.93. The standard InChI is InChI=1S/C25H19F3N2/c1-30-24-12-10-19(11-13-24)5-9-22-14-21(15-23(16-22)25(26,27)28)8-4-18-2-6-20(17-29)7-3-18/h2-3,6-7,10-16H,4-5,8-9H2. The van der Waals surface area contributed by atoms with E-state index in [9.17, 15) is 13.2 Å². The Morgan fingerprint density at radius 3 is 1.63 bits per heavy atom. The molecule has 2 nitrogen and oxygen atoms in total. The van der Waals surface area contributed by atoms with Crippen molar-refractivity contribution >= 4 is 5.69 Å². The van der Waals surface area contributed by atoms with Gasteiger partial charge in [-0.1, -0.05) is 48.0 Å². The lowest BCUT2D eigenvalue weighted by molar-refractivity contribution is -0.137. The first kappa shape index (κ1) is 21.1. The molecule has 0 N–H and O–H groups in total. The third-order valence-electron chi connectivity index (χ3n) is 4.93. The summed E-state index contributed by atoms with van der Waals surface area (Å²) in [6, 6.07) is 20.5. The molecule has 3 aromatic rings. The highest BCUT2D eigenvalue weighted by Gasteiger charge is 2.31. The van der Waals surface area contributed by atoms with E-state index < -0.39 is 11.7 Å². The minimum Gasteiger partial charge on any atom is -0.238 e. The number of benzene rings is 3. The van der Waals surface area contributed by atoms with Gasteiger partial charge < -0.3 is 0 Å². The second-order valence-corrected chi connectivity index (χ2v) is 7.12. The average Bonchev–Trinajstić information content (AvgIpc) is 2.76. The van der Waals surface area contributed by atoms with Gasteiger partial charge >= 0.3 is 6.18 Å². The molecule has 3 aromatic carbocycles. The molecule has 0 aliphatic rings. The molecule has 0 unspecified atom stereocenters. The summed E-state index contributed by atoms with van der Waals surface area (Å²) in [5, 5.41) is 8.86. The Morgan fingerprint density at radius 2 is 1.20 bits per heavy atom. The highest BCUT2D eigenvalue weighted by molar-refractivity contribution is 5.45. The molecular weight excluding hydrogens is 385 g/mol. The first-order chi connectivity index (χ1) is 14.4. The molecule has 0 amide bonds. The summed E-state index contributed by atoms with van der Waals surface area (Å²) in [5.41, 5.74) is 3.74. The van der Waals surface area contributed by atoms with Gasteiger partial charge in [-0.25, -0.2) is 4.85 Å². The Morgan fingerprint density at radius 1 is 0.733 bits per heavy atom. The summed E-state index contributed by atoms with van der Waals surface area (Å²) in [4.78, 5) is 3.34. The predicted molar refractivity (Wildman–Crippen MR) is 110 cm³/mol. The van der Waals surface area contributed by atoms with Crippen LogP contribution in [-0.2, 0) is 31.9 Å². The first-order valence-corrected chi connectivity index (χ1v) is 9.53. The molecule has 0 aromatic heterocycles. The fourth-order valence-corrected chi connectivity index (χ4v) is 3.28. The molecule has 5 heteroatoms. The number of halogens is 3. The minimum absolute atomic E-state index is 0.489. The molecule has 0 aliphatic heterocycles. The van der Waals surface area contributed by atoms with Crippen LogP contribution in [0.15, 0.2) is 66.7 Å². The van der Waals surface area contributed by atoms with E-state index in [4.69, 9.17) is 11.8 Å². The fourth-order valence-electron chi connectivity index (χ4n) is 3.28. The maximum Gasteiger partial charge on any atom is 0.416 e. The molecular formula is C25H19F3N2. The van der Waals surface area contributed by atoms with Gasteiger partial charge in [0.15, 0.2) is 5.69 Å². The van der Waals surface area contributed by atoms with Crippen LogP contribution < -0.4 is 0 Å². The summed E-state index contributed by atoms with van der Waals surface area (Å²) in [5.74, 6) is 0. The van der Waals surface area contributed by atoms with Crippen LogP contribution in [0.25, 0.3) is 4.85 Å². The van der Waals surface area contributed by atoms with Crippen molar-refractivity contribution < 1.29 is 13.2 Å². The molecule has 0 saturated carbocycles. The summed E-state index contributed by atoms with van der Waals surface area (Å²) in [6.45, 7) is 6.98. The van der Waals surface area contributed by atoms with Gasteiger partial charge in [0, 0.05) is 0 Å². The quantitative estimate of drug-likeness (QED) is 0.420. The fraction of sp³-hybridized carbons (Fsp3) is 0.200. The first-order valence-electron chi connectivity index (χ1n) is 9.53. The van der Waals surface area contributed by atoms with Gasteiger partial charge in [0.2, 0.25) is 0 Å². The summed E-state index contributed by atoms with van der Waals surface area (Å²) in [6.07, 6.45) is -2.21. The molecule has 150 valence electrons. The Kier molecular flexibility index (Phi) is 6.54. The van der Waals surface area contributed by atoms with Crippen molar-refractivity contribution in [2.45, 2.75) is 31.9 Å². The van der Waals surface area contributed by atoms with E-state index in [1.807, 2.05) is 30.3 Å². The molecule has 0 bridgehead atoms. The number of aryl methyl sites for hydroxylation is 4. The Hall–Kier alpha value is -3.57. The van der Waals surface area contributed by atoms with Crippen LogP contribution >= 0.6 is 0 Å². The number of rotatable bonds is 6. The Bertz CT molecular complexity index is 1000.